The van der Waals surface area contributed by atoms with Crippen LogP contribution < -0.4 is 15.4 Å². The molecule has 0 unspecified atom stereocenters. The Labute approximate surface area is 135 Å². The van der Waals surface area contributed by atoms with Gasteiger partial charge in [0.15, 0.2) is 0 Å². The Kier molecular flexibility index (Phi) is 5.36. The highest BCUT2D eigenvalue weighted by molar-refractivity contribution is 6.06. The molecule has 0 saturated carbocycles. The van der Waals surface area contributed by atoms with Gasteiger partial charge in [0.1, 0.15) is 5.75 Å². The van der Waals surface area contributed by atoms with Crippen LogP contribution in [-0.2, 0) is 4.79 Å². The first kappa shape index (κ1) is 16.5. The molecule has 0 aliphatic carbocycles. The molecular formula is C18H20N2O3. The van der Waals surface area contributed by atoms with Crippen LogP contribution in [0.3, 0.4) is 0 Å². The van der Waals surface area contributed by atoms with Crippen LogP contribution in [-0.4, -0.2) is 17.9 Å². The highest BCUT2D eigenvalue weighted by Gasteiger charge is 2.13. The summed E-state index contributed by atoms with van der Waals surface area (Å²) in [6.45, 7) is 5.27. The van der Waals surface area contributed by atoms with Crippen molar-refractivity contribution in [1.29, 1.82) is 0 Å². The molecule has 5 heteroatoms. The van der Waals surface area contributed by atoms with Crippen LogP contribution in [0.4, 0.5) is 11.4 Å². The maximum Gasteiger partial charge on any atom is 0.259 e. The van der Waals surface area contributed by atoms with E-state index in [2.05, 4.69) is 10.6 Å². The summed E-state index contributed by atoms with van der Waals surface area (Å²) in [5, 5.41) is 5.50. The van der Waals surface area contributed by atoms with E-state index in [1.807, 2.05) is 19.9 Å². The van der Waals surface area contributed by atoms with E-state index in [1.165, 1.54) is 6.92 Å². The number of hydrogen-bond acceptors (Lipinski definition) is 3. The van der Waals surface area contributed by atoms with Gasteiger partial charge >= 0.3 is 0 Å². The first-order valence-corrected chi connectivity index (χ1v) is 7.40. The van der Waals surface area contributed by atoms with Gasteiger partial charge < -0.3 is 15.4 Å². The number of rotatable bonds is 5. The normalized spacial score (nSPS) is 10.3. The highest BCUT2D eigenvalue weighted by Crippen LogP contribution is 2.21. The zero-order valence-electron chi connectivity index (χ0n) is 13.4. The summed E-state index contributed by atoms with van der Waals surface area (Å²) in [5.41, 5.74) is 1.80. The molecule has 0 aliphatic heterocycles. The van der Waals surface area contributed by atoms with Crippen molar-refractivity contribution in [2.75, 3.05) is 10.6 Å². The molecule has 5 nitrogen and oxygen atoms in total. The molecular weight excluding hydrogens is 292 g/mol. The minimum atomic E-state index is -0.242. The van der Waals surface area contributed by atoms with E-state index in [0.29, 0.717) is 22.7 Å². The van der Waals surface area contributed by atoms with Gasteiger partial charge in [-0.15, -0.1) is 0 Å². The molecule has 2 N–H and O–H groups in total. The Morgan fingerprint density at radius 3 is 2.04 bits per heavy atom. The Balaban J connectivity index is 2.11. The number of para-hydroxylation sites is 1. The first-order valence-electron chi connectivity index (χ1n) is 7.40. The molecule has 120 valence electrons. The van der Waals surface area contributed by atoms with Crippen LogP contribution in [0.1, 0.15) is 31.1 Å². The first-order chi connectivity index (χ1) is 11.0. The van der Waals surface area contributed by atoms with Gasteiger partial charge in [0.05, 0.1) is 11.7 Å². The fourth-order valence-electron chi connectivity index (χ4n) is 2.05. The molecule has 2 rings (SSSR count). The van der Waals surface area contributed by atoms with Crippen LogP contribution in [0.15, 0.2) is 48.5 Å². The van der Waals surface area contributed by atoms with Crippen molar-refractivity contribution in [3.8, 4) is 5.75 Å². The lowest BCUT2D eigenvalue weighted by atomic mass is 10.1. The average Bonchev–Trinajstić information content (AvgIpc) is 2.48. The molecule has 0 bridgehead atoms. The molecule has 0 spiro atoms. The molecule has 0 radical (unpaired) electrons. The summed E-state index contributed by atoms with van der Waals surface area (Å²) in [7, 11) is 0. The molecule has 0 fully saturated rings. The summed E-state index contributed by atoms with van der Waals surface area (Å²) in [6.07, 6.45) is -0.0131. The summed E-state index contributed by atoms with van der Waals surface area (Å²) in [5.74, 6) is 0.171. The number of carbonyl (C=O) groups excluding carboxylic acids is 2. The summed E-state index contributed by atoms with van der Waals surface area (Å²) in [6, 6.07) is 14.0. The van der Waals surface area contributed by atoms with Crippen molar-refractivity contribution in [3.05, 3.63) is 54.1 Å². The maximum absolute atomic E-state index is 12.4. The van der Waals surface area contributed by atoms with E-state index < -0.39 is 0 Å². The van der Waals surface area contributed by atoms with Crippen molar-refractivity contribution >= 4 is 23.2 Å². The second-order valence-corrected chi connectivity index (χ2v) is 5.38. The van der Waals surface area contributed by atoms with Gasteiger partial charge in [0.25, 0.3) is 5.91 Å². The number of benzene rings is 2. The lowest BCUT2D eigenvalue weighted by Crippen LogP contribution is -2.15. The van der Waals surface area contributed by atoms with E-state index in [0.717, 1.165) is 0 Å². The zero-order valence-corrected chi connectivity index (χ0v) is 13.4. The van der Waals surface area contributed by atoms with Crippen LogP contribution >= 0.6 is 0 Å². The van der Waals surface area contributed by atoms with Gasteiger partial charge in [0, 0.05) is 18.3 Å². The molecule has 2 aromatic carbocycles. The standard InChI is InChI=1S/C18H20N2O3/c1-12(2)23-17-7-5-4-6-16(17)18(22)20-15-10-8-14(9-11-15)19-13(3)21/h4-12H,1-3H3,(H,19,21)(H,20,22). The van der Waals surface area contributed by atoms with Gasteiger partial charge in [-0.1, -0.05) is 12.1 Å². The Hall–Kier alpha value is -2.82. The number of nitrogens with one attached hydrogen (secondary N) is 2. The predicted molar refractivity (Wildman–Crippen MR) is 90.9 cm³/mol. The van der Waals surface area contributed by atoms with Crippen molar-refractivity contribution in [1.82, 2.24) is 0 Å². The summed E-state index contributed by atoms with van der Waals surface area (Å²) >= 11 is 0. The third-order valence-electron chi connectivity index (χ3n) is 2.96. The van der Waals surface area contributed by atoms with Crippen molar-refractivity contribution in [2.45, 2.75) is 26.9 Å². The Morgan fingerprint density at radius 2 is 1.48 bits per heavy atom. The lowest BCUT2D eigenvalue weighted by molar-refractivity contribution is -0.114. The van der Waals surface area contributed by atoms with Crippen LogP contribution in [0.25, 0.3) is 0 Å². The third-order valence-corrected chi connectivity index (χ3v) is 2.96. The molecule has 0 aliphatic rings. The molecule has 2 amide bonds. The zero-order chi connectivity index (χ0) is 16.8. The van der Waals surface area contributed by atoms with Gasteiger partial charge in [0.2, 0.25) is 5.91 Å². The van der Waals surface area contributed by atoms with Gasteiger partial charge in [-0.05, 0) is 50.2 Å². The quantitative estimate of drug-likeness (QED) is 0.885. The summed E-state index contributed by atoms with van der Waals surface area (Å²) < 4.78 is 5.66. The SMILES string of the molecule is CC(=O)Nc1ccc(NC(=O)c2ccccc2OC(C)C)cc1. The van der Waals surface area contributed by atoms with Crippen molar-refractivity contribution in [3.63, 3.8) is 0 Å². The largest absolute Gasteiger partial charge is 0.490 e. The maximum atomic E-state index is 12.4. The molecule has 0 atom stereocenters. The monoisotopic (exact) mass is 312 g/mol. The van der Waals surface area contributed by atoms with E-state index >= 15 is 0 Å². The fourth-order valence-corrected chi connectivity index (χ4v) is 2.05. The van der Waals surface area contributed by atoms with Crippen LogP contribution in [0.5, 0.6) is 5.75 Å². The summed E-state index contributed by atoms with van der Waals surface area (Å²) in [4.78, 5) is 23.4. The third kappa shape index (κ3) is 4.85. The smallest absolute Gasteiger partial charge is 0.259 e. The van der Waals surface area contributed by atoms with Crippen molar-refractivity contribution < 1.29 is 14.3 Å². The van der Waals surface area contributed by atoms with E-state index in [1.54, 1.807) is 42.5 Å². The van der Waals surface area contributed by atoms with E-state index in [-0.39, 0.29) is 17.9 Å². The second kappa shape index (κ2) is 7.45. The van der Waals surface area contributed by atoms with E-state index in [4.69, 9.17) is 4.74 Å². The average molecular weight is 312 g/mol. The minimum Gasteiger partial charge on any atom is -0.490 e. The van der Waals surface area contributed by atoms with Gasteiger partial charge in [-0.25, -0.2) is 0 Å². The molecule has 2 aromatic rings. The molecule has 0 heterocycles. The Morgan fingerprint density at radius 1 is 0.913 bits per heavy atom. The molecule has 23 heavy (non-hydrogen) atoms. The van der Waals surface area contributed by atoms with Gasteiger partial charge in [-0.3, -0.25) is 9.59 Å². The highest BCUT2D eigenvalue weighted by atomic mass is 16.5. The Bertz CT molecular complexity index is 694. The minimum absolute atomic E-state index is 0.0131. The van der Waals surface area contributed by atoms with Crippen molar-refractivity contribution in [2.24, 2.45) is 0 Å². The molecule has 0 aromatic heterocycles. The topological polar surface area (TPSA) is 67.4 Å². The second-order valence-electron chi connectivity index (χ2n) is 5.38. The predicted octanol–water partition coefficient (Wildman–Crippen LogP) is 3.68. The van der Waals surface area contributed by atoms with Crippen LogP contribution in [0.2, 0.25) is 0 Å². The number of carbonyl (C=O) groups is 2. The number of ether oxygens (including phenoxy) is 1. The van der Waals surface area contributed by atoms with Gasteiger partial charge in [-0.2, -0.15) is 0 Å². The lowest BCUT2D eigenvalue weighted by Gasteiger charge is -2.14. The fraction of sp³-hybridized carbons (Fsp3) is 0.222. The molecule has 0 saturated heterocycles. The number of hydrogen-bond donors (Lipinski definition) is 2. The number of amides is 2. The van der Waals surface area contributed by atoms with E-state index in [9.17, 15) is 9.59 Å². The number of anilines is 2. The van der Waals surface area contributed by atoms with Crippen LogP contribution in [0, 0.1) is 0 Å².